The van der Waals surface area contributed by atoms with E-state index in [-0.39, 0.29) is 5.91 Å². The molecule has 1 aliphatic rings. The zero-order valence-electron chi connectivity index (χ0n) is 9.93. The first-order valence-electron chi connectivity index (χ1n) is 5.94. The molecule has 92 valence electrons. The molecule has 4 heteroatoms. The fourth-order valence-electron chi connectivity index (χ4n) is 2.26. The quantitative estimate of drug-likeness (QED) is 0.860. The SMILES string of the molecule is Nc1ccc2c(c1)C(=O)N(CCc1cccs1)C2. The average Bonchev–Trinajstić information content (AvgIpc) is 2.97. The predicted molar refractivity (Wildman–Crippen MR) is 73.6 cm³/mol. The molecule has 0 saturated heterocycles. The highest BCUT2D eigenvalue weighted by Gasteiger charge is 2.26. The minimum Gasteiger partial charge on any atom is -0.399 e. The number of nitrogens with zero attached hydrogens (tertiary/aromatic N) is 1. The van der Waals surface area contributed by atoms with E-state index < -0.39 is 0 Å². The van der Waals surface area contributed by atoms with Gasteiger partial charge in [-0.1, -0.05) is 12.1 Å². The third-order valence-corrected chi connectivity index (χ3v) is 4.16. The number of benzene rings is 1. The second-order valence-corrected chi connectivity index (χ2v) is 5.50. The Morgan fingerprint density at radius 1 is 1.33 bits per heavy atom. The first-order chi connectivity index (χ1) is 8.74. The second kappa shape index (κ2) is 4.46. The number of hydrogen-bond acceptors (Lipinski definition) is 3. The molecule has 0 unspecified atom stereocenters. The monoisotopic (exact) mass is 258 g/mol. The van der Waals surface area contributed by atoms with E-state index in [1.165, 1.54) is 4.88 Å². The molecule has 0 saturated carbocycles. The van der Waals surface area contributed by atoms with Crippen LogP contribution in [0.5, 0.6) is 0 Å². The molecule has 2 N–H and O–H groups in total. The minimum atomic E-state index is 0.105. The Labute approximate surface area is 110 Å². The molecule has 0 radical (unpaired) electrons. The van der Waals surface area contributed by atoms with Crippen molar-refractivity contribution in [2.75, 3.05) is 12.3 Å². The van der Waals surface area contributed by atoms with Crippen LogP contribution in [0.1, 0.15) is 20.8 Å². The molecule has 1 amide bonds. The molecule has 3 nitrogen and oxygen atoms in total. The first-order valence-corrected chi connectivity index (χ1v) is 6.82. The van der Waals surface area contributed by atoms with E-state index in [4.69, 9.17) is 5.73 Å². The third kappa shape index (κ3) is 1.99. The molecule has 0 aliphatic carbocycles. The smallest absolute Gasteiger partial charge is 0.254 e. The lowest BCUT2D eigenvalue weighted by molar-refractivity contribution is 0.0780. The molecule has 1 aromatic carbocycles. The molecule has 0 atom stereocenters. The van der Waals surface area contributed by atoms with Crippen molar-refractivity contribution in [3.8, 4) is 0 Å². The minimum absolute atomic E-state index is 0.105. The van der Waals surface area contributed by atoms with Crippen LogP contribution in [0.25, 0.3) is 0 Å². The van der Waals surface area contributed by atoms with Gasteiger partial charge in [0.05, 0.1) is 0 Å². The molecule has 2 heterocycles. The van der Waals surface area contributed by atoms with Gasteiger partial charge >= 0.3 is 0 Å². The number of fused-ring (bicyclic) bond motifs is 1. The maximum atomic E-state index is 12.2. The zero-order chi connectivity index (χ0) is 12.5. The molecule has 1 aromatic heterocycles. The summed E-state index contributed by atoms with van der Waals surface area (Å²) < 4.78 is 0. The van der Waals surface area contributed by atoms with Crippen molar-refractivity contribution in [3.63, 3.8) is 0 Å². The molecule has 2 aromatic rings. The van der Waals surface area contributed by atoms with E-state index in [1.807, 2.05) is 23.1 Å². The van der Waals surface area contributed by atoms with Crippen LogP contribution in [0.4, 0.5) is 5.69 Å². The second-order valence-electron chi connectivity index (χ2n) is 4.47. The summed E-state index contributed by atoms with van der Waals surface area (Å²) in [5.74, 6) is 0.105. The van der Waals surface area contributed by atoms with Gasteiger partial charge in [-0.25, -0.2) is 0 Å². The Morgan fingerprint density at radius 2 is 2.22 bits per heavy atom. The van der Waals surface area contributed by atoms with Crippen molar-refractivity contribution in [2.45, 2.75) is 13.0 Å². The van der Waals surface area contributed by atoms with Crippen LogP contribution >= 0.6 is 11.3 Å². The van der Waals surface area contributed by atoms with E-state index in [0.29, 0.717) is 12.2 Å². The number of nitrogen functional groups attached to an aromatic ring is 1. The Balaban J connectivity index is 1.72. The van der Waals surface area contributed by atoms with E-state index >= 15 is 0 Å². The number of carbonyl (C=O) groups excluding carboxylic acids is 1. The lowest BCUT2D eigenvalue weighted by Gasteiger charge is -2.14. The van der Waals surface area contributed by atoms with E-state index in [2.05, 4.69) is 11.4 Å². The number of hydrogen-bond donors (Lipinski definition) is 1. The van der Waals surface area contributed by atoms with E-state index in [0.717, 1.165) is 24.1 Å². The normalized spacial score (nSPS) is 14.0. The fraction of sp³-hybridized carbons (Fsp3) is 0.214. The van der Waals surface area contributed by atoms with Gasteiger partial charge in [-0.3, -0.25) is 4.79 Å². The highest BCUT2D eigenvalue weighted by atomic mass is 32.1. The molecule has 3 rings (SSSR count). The van der Waals surface area contributed by atoms with Crippen LogP contribution in [-0.2, 0) is 13.0 Å². The van der Waals surface area contributed by atoms with Crippen LogP contribution in [-0.4, -0.2) is 17.4 Å². The fourth-order valence-corrected chi connectivity index (χ4v) is 2.96. The molecule has 18 heavy (non-hydrogen) atoms. The van der Waals surface area contributed by atoms with E-state index in [1.54, 1.807) is 17.4 Å². The van der Waals surface area contributed by atoms with Gasteiger partial charge in [-0.05, 0) is 35.6 Å². The number of nitrogens with two attached hydrogens (primary N) is 1. The predicted octanol–water partition coefficient (Wildman–Crippen LogP) is 2.53. The van der Waals surface area contributed by atoms with Crippen LogP contribution < -0.4 is 5.73 Å². The van der Waals surface area contributed by atoms with Gasteiger partial charge in [0.25, 0.3) is 5.91 Å². The van der Waals surface area contributed by atoms with Crippen molar-refractivity contribution in [1.82, 2.24) is 4.90 Å². The largest absolute Gasteiger partial charge is 0.399 e. The number of rotatable bonds is 3. The molecular formula is C14H14N2OS. The summed E-state index contributed by atoms with van der Waals surface area (Å²) in [6, 6.07) is 9.74. The van der Waals surface area contributed by atoms with Crippen molar-refractivity contribution in [2.24, 2.45) is 0 Å². The summed E-state index contributed by atoms with van der Waals surface area (Å²) in [6.45, 7) is 1.48. The van der Waals surface area contributed by atoms with Crippen molar-refractivity contribution >= 4 is 22.9 Å². The maximum Gasteiger partial charge on any atom is 0.254 e. The van der Waals surface area contributed by atoms with Crippen LogP contribution in [0.15, 0.2) is 35.7 Å². The number of thiophene rings is 1. The molecule has 0 bridgehead atoms. The summed E-state index contributed by atoms with van der Waals surface area (Å²) >= 11 is 1.74. The van der Waals surface area contributed by atoms with Crippen molar-refractivity contribution in [1.29, 1.82) is 0 Å². The highest BCUT2D eigenvalue weighted by Crippen LogP contribution is 2.25. The average molecular weight is 258 g/mol. The molecule has 0 fully saturated rings. The lowest BCUT2D eigenvalue weighted by Crippen LogP contribution is -2.26. The van der Waals surface area contributed by atoms with Crippen LogP contribution in [0, 0.1) is 0 Å². The summed E-state index contributed by atoms with van der Waals surface area (Å²) in [5.41, 5.74) is 8.22. The van der Waals surface area contributed by atoms with Gasteiger partial charge in [0.15, 0.2) is 0 Å². The van der Waals surface area contributed by atoms with Gasteiger partial charge in [0.1, 0.15) is 0 Å². The summed E-state index contributed by atoms with van der Waals surface area (Å²) in [4.78, 5) is 15.4. The maximum absolute atomic E-state index is 12.2. The standard InChI is InChI=1S/C14H14N2OS/c15-11-4-3-10-9-16(14(17)13(10)8-11)6-5-12-2-1-7-18-12/h1-4,7-8H,5-6,9,15H2. The topological polar surface area (TPSA) is 46.3 Å². The lowest BCUT2D eigenvalue weighted by atomic mass is 10.1. The summed E-state index contributed by atoms with van der Waals surface area (Å²) in [6.07, 6.45) is 0.923. The Bertz CT molecular complexity index is 577. The molecular weight excluding hydrogens is 244 g/mol. The van der Waals surface area contributed by atoms with Gasteiger partial charge < -0.3 is 10.6 Å². The van der Waals surface area contributed by atoms with E-state index in [9.17, 15) is 4.79 Å². The van der Waals surface area contributed by atoms with Crippen LogP contribution in [0.2, 0.25) is 0 Å². The zero-order valence-corrected chi connectivity index (χ0v) is 10.7. The van der Waals surface area contributed by atoms with Crippen molar-refractivity contribution in [3.05, 3.63) is 51.7 Å². The number of amides is 1. The molecule has 0 spiro atoms. The number of carbonyl (C=O) groups is 1. The van der Waals surface area contributed by atoms with Gasteiger partial charge in [-0.2, -0.15) is 0 Å². The van der Waals surface area contributed by atoms with Gasteiger partial charge in [0, 0.05) is 29.2 Å². The van der Waals surface area contributed by atoms with Gasteiger partial charge in [-0.15, -0.1) is 11.3 Å². The Hall–Kier alpha value is -1.81. The Morgan fingerprint density at radius 3 is 3.00 bits per heavy atom. The Kier molecular flexibility index (Phi) is 2.80. The van der Waals surface area contributed by atoms with Crippen molar-refractivity contribution < 1.29 is 4.79 Å². The van der Waals surface area contributed by atoms with Crippen LogP contribution in [0.3, 0.4) is 0 Å². The number of anilines is 1. The first kappa shape index (κ1) is 11.3. The summed E-state index contributed by atoms with van der Waals surface area (Å²) in [7, 11) is 0. The summed E-state index contributed by atoms with van der Waals surface area (Å²) in [5, 5.41) is 2.07. The third-order valence-electron chi connectivity index (χ3n) is 3.22. The highest BCUT2D eigenvalue weighted by molar-refractivity contribution is 7.09. The van der Waals surface area contributed by atoms with Gasteiger partial charge in [0.2, 0.25) is 0 Å². The molecule has 1 aliphatic heterocycles.